The fourth-order valence-corrected chi connectivity index (χ4v) is 6.64. The molecule has 0 bridgehead atoms. The zero-order valence-corrected chi connectivity index (χ0v) is 26.9. The maximum Gasteiger partial charge on any atom is 0.255 e. The molecular weight excluding hydrogens is 592 g/mol. The van der Waals surface area contributed by atoms with Gasteiger partial charge in [0.05, 0.1) is 11.6 Å². The molecule has 1 fully saturated rings. The third-order valence-corrected chi connectivity index (χ3v) is 9.11. The Morgan fingerprint density at radius 2 is 1.59 bits per heavy atom. The number of amides is 2. The summed E-state index contributed by atoms with van der Waals surface area (Å²) in [6.45, 7) is 3.31. The maximum absolute atomic E-state index is 13.8. The summed E-state index contributed by atoms with van der Waals surface area (Å²) >= 11 is 0. The summed E-state index contributed by atoms with van der Waals surface area (Å²) in [5.41, 5.74) is 4.04. The molecule has 0 aromatic heterocycles. The van der Waals surface area contributed by atoms with Gasteiger partial charge in [-0.1, -0.05) is 36.4 Å². The molecule has 12 nitrogen and oxygen atoms in total. The highest BCUT2D eigenvalue weighted by Gasteiger charge is 2.64. The maximum atomic E-state index is 13.8. The van der Waals surface area contributed by atoms with E-state index in [0.717, 1.165) is 24.2 Å². The minimum Gasteiger partial charge on any atom is -0.508 e. The van der Waals surface area contributed by atoms with Crippen molar-refractivity contribution in [2.75, 3.05) is 48.3 Å². The molecule has 12 heteroatoms. The number of aliphatic hydroxyl groups is 3. The molecule has 246 valence electrons. The van der Waals surface area contributed by atoms with Crippen LogP contribution < -0.4 is 5.73 Å². The number of aromatic hydroxyl groups is 1. The number of nitrogens with zero attached hydrogens (tertiary/aromatic N) is 3. The number of fused-ring (bicyclic) bond motifs is 3. The van der Waals surface area contributed by atoms with Crippen molar-refractivity contribution in [3.63, 3.8) is 0 Å². The molecule has 46 heavy (non-hydrogen) atoms. The lowest BCUT2D eigenvalue weighted by atomic mass is 9.57. The number of nitrogens with two attached hydrogens (primary N) is 1. The van der Waals surface area contributed by atoms with Gasteiger partial charge < -0.3 is 36.0 Å². The highest BCUT2D eigenvalue weighted by Crippen LogP contribution is 2.53. The Morgan fingerprint density at radius 3 is 2.13 bits per heavy atom. The van der Waals surface area contributed by atoms with Gasteiger partial charge >= 0.3 is 0 Å². The van der Waals surface area contributed by atoms with E-state index in [1.807, 2.05) is 51.5 Å². The van der Waals surface area contributed by atoms with Crippen LogP contribution in [0.2, 0.25) is 0 Å². The zero-order chi connectivity index (χ0) is 34.2. The SMILES string of the molecule is CC(=O)N(C)CCN(C)C.CN(C)[C@@H]1C(=O)C(C(N)=O)=C(O)[C@@]2(O)C(=O)C3=C(O)c4c(O)ccc(-c5ccccc5)c4C[C@H]3C[C@@H]12. The van der Waals surface area contributed by atoms with E-state index < -0.39 is 58.0 Å². The zero-order valence-electron chi connectivity index (χ0n) is 26.9. The first-order chi connectivity index (χ1) is 21.5. The van der Waals surface area contributed by atoms with E-state index >= 15 is 0 Å². The van der Waals surface area contributed by atoms with E-state index in [-0.39, 0.29) is 35.6 Å². The van der Waals surface area contributed by atoms with Crippen LogP contribution in [0, 0.1) is 11.8 Å². The highest BCUT2D eigenvalue weighted by atomic mass is 16.3. The molecule has 5 rings (SSSR count). The molecular formula is C34H42N4O8. The summed E-state index contributed by atoms with van der Waals surface area (Å²) in [6.07, 6.45) is 0.294. The van der Waals surface area contributed by atoms with E-state index in [1.165, 1.54) is 11.0 Å². The number of carbonyl (C=O) groups excluding carboxylic acids is 4. The smallest absolute Gasteiger partial charge is 0.255 e. The first-order valence-corrected chi connectivity index (χ1v) is 14.9. The van der Waals surface area contributed by atoms with Crippen LogP contribution in [0.1, 0.15) is 24.5 Å². The normalized spacial score (nSPS) is 23.8. The number of benzene rings is 2. The average molecular weight is 635 g/mol. The van der Waals surface area contributed by atoms with Crippen LogP contribution in [-0.4, -0.2) is 118 Å². The number of Topliss-reactive ketones (excluding diaryl/α,β-unsaturated/α-hetero) is 2. The molecule has 2 aromatic rings. The molecule has 3 aliphatic rings. The topological polar surface area (TPSA) is 185 Å². The summed E-state index contributed by atoms with van der Waals surface area (Å²) in [5.74, 6) is -6.48. The minimum absolute atomic E-state index is 0.0512. The number of ketones is 2. The number of likely N-dealkylation sites (N-methyl/N-ethyl adjacent to an activating group) is 3. The molecule has 0 saturated heterocycles. The molecule has 0 aliphatic heterocycles. The molecule has 1 saturated carbocycles. The van der Waals surface area contributed by atoms with E-state index in [4.69, 9.17) is 5.73 Å². The summed E-state index contributed by atoms with van der Waals surface area (Å²) in [4.78, 5) is 54.9. The van der Waals surface area contributed by atoms with Crippen molar-refractivity contribution in [1.29, 1.82) is 0 Å². The van der Waals surface area contributed by atoms with Crippen molar-refractivity contribution in [2.45, 2.75) is 31.4 Å². The number of hydrogen-bond acceptors (Lipinski definition) is 10. The predicted molar refractivity (Wildman–Crippen MR) is 172 cm³/mol. The van der Waals surface area contributed by atoms with Crippen molar-refractivity contribution in [3.8, 4) is 16.9 Å². The molecule has 3 aliphatic carbocycles. The molecule has 2 amide bonds. The van der Waals surface area contributed by atoms with Gasteiger partial charge in [0.25, 0.3) is 5.91 Å². The Balaban J connectivity index is 0.000000416. The number of hydrogen-bond donors (Lipinski definition) is 5. The van der Waals surface area contributed by atoms with Gasteiger partial charge in [-0.15, -0.1) is 0 Å². The molecule has 0 radical (unpaired) electrons. The molecule has 4 atom stereocenters. The van der Waals surface area contributed by atoms with Gasteiger partial charge in [0.2, 0.25) is 11.7 Å². The second-order valence-electron chi connectivity index (χ2n) is 12.6. The number of carbonyl (C=O) groups is 4. The summed E-state index contributed by atoms with van der Waals surface area (Å²) in [7, 11) is 8.94. The Labute approximate surface area is 268 Å². The second-order valence-corrected chi connectivity index (χ2v) is 12.6. The van der Waals surface area contributed by atoms with Crippen LogP contribution in [0.3, 0.4) is 0 Å². The predicted octanol–water partition coefficient (Wildman–Crippen LogP) is 1.66. The lowest BCUT2D eigenvalue weighted by molar-refractivity contribution is -0.153. The van der Waals surface area contributed by atoms with Gasteiger partial charge in [0.1, 0.15) is 22.8 Å². The van der Waals surface area contributed by atoms with Gasteiger partial charge in [0.15, 0.2) is 11.4 Å². The molecule has 0 unspecified atom stereocenters. The minimum atomic E-state index is -2.64. The van der Waals surface area contributed by atoms with E-state index in [1.54, 1.807) is 32.0 Å². The Kier molecular flexibility index (Phi) is 9.76. The van der Waals surface area contributed by atoms with Crippen LogP contribution in [0.5, 0.6) is 5.75 Å². The number of phenolic OH excluding ortho intramolecular Hbond substituents is 1. The summed E-state index contributed by atoms with van der Waals surface area (Å²) in [6, 6.07) is 11.4. The van der Waals surface area contributed by atoms with E-state index in [0.29, 0.717) is 5.56 Å². The van der Waals surface area contributed by atoms with Crippen molar-refractivity contribution in [2.24, 2.45) is 17.6 Å². The van der Waals surface area contributed by atoms with Gasteiger partial charge in [0, 0.05) is 38.6 Å². The lowest BCUT2D eigenvalue weighted by Gasteiger charge is -2.50. The van der Waals surface area contributed by atoms with Crippen LogP contribution in [-0.2, 0) is 25.6 Å². The van der Waals surface area contributed by atoms with Gasteiger partial charge in [-0.05, 0) is 69.7 Å². The van der Waals surface area contributed by atoms with Crippen molar-refractivity contribution in [1.82, 2.24) is 14.7 Å². The summed E-state index contributed by atoms with van der Waals surface area (Å²) in [5, 5.41) is 44.4. The largest absolute Gasteiger partial charge is 0.508 e. The van der Waals surface area contributed by atoms with Crippen molar-refractivity contribution >= 4 is 29.1 Å². The Hall–Kier alpha value is -4.52. The third-order valence-electron chi connectivity index (χ3n) is 9.11. The fraction of sp³-hybridized carbons (Fsp3) is 0.412. The van der Waals surface area contributed by atoms with E-state index in [9.17, 15) is 39.6 Å². The second kappa shape index (κ2) is 13.1. The van der Waals surface area contributed by atoms with Crippen LogP contribution in [0.15, 0.2) is 59.4 Å². The number of rotatable bonds is 6. The van der Waals surface area contributed by atoms with Gasteiger partial charge in [-0.2, -0.15) is 0 Å². The molecule has 6 N–H and O–H groups in total. The van der Waals surface area contributed by atoms with Crippen molar-refractivity contribution < 1.29 is 39.6 Å². The Bertz CT molecular complexity index is 1630. The fourth-order valence-electron chi connectivity index (χ4n) is 6.64. The van der Waals surface area contributed by atoms with Gasteiger partial charge in [-0.3, -0.25) is 24.1 Å². The number of phenols is 1. The Morgan fingerprint density at radius 1 is 0.957 bits per heavy atom. The third kappa shape index (κ3) is 5.91. The van der Waals surface area contributed by atoms with Crippen LogP contribution in [0.4, 0.5) is 0 Å². The van der Waals surface area contributed by atoms with Crippen LogP contribution >= 0.6 is 0 Å². The monoisotopic (exact) mass is 634 g/mol. The quantitative estimate of drug-likeness (QED) is 0.293. The van der Waals surface area contributed by atoms with Gasteiger partial charge in [-0.25, -0.2) is 0 Å². The molecule has 2 aromatic carbocycles. The van der Waals surface area contributed by atoms with Crippen molar-refractivity contribution in [3.05, 3.63) is 70.5 Å². The van der Waals surface area contributed by atoms with Crippen LogP contribution in [0.25, 0.3) is 16.9 Å². The average Bonchev–Trinajstić information content (AvgIpc) is 2.98. The summed E-state index contributed by atoms with van der Waals surface area (Å²) < 4.78 is 0. The first-order valence-electron chi connectivity index (χ1n) is 14.9. The standard InChI is InChI=1S/C27H26N2O7.C7H16N2O/c1-29(2)21-16-11-13-10-15-14(12-6-4-3-5-7-12)8-9-17(30)19(15)22(31)18(13)24(33)27(16,36)25(34)20(23(21)32)26(28)35;1-7(10)9(4)6-5-8(2)3/h3-9,13,16,21,30-31,34,36H,10-11H2,1-2H3,(H2,28,35);5-6H2,1-4H3/t13-,16-,21-,27-;/m0./s1. The number of primary amides is 1. The first kappa shape index (κ1) is 34.4. The number of aliphatic hydroxyl groups excluding tert-OH is 2. The lowest BCUT2D eigenvalue weighted by Crippen LogP contribution is -2.65. The highest BCUT2D eigenvalue weighted by molar-refractivity contribution is 6.24. The molecule has 0 spiro atoms. The van der Waals surface area contributed by atoms with E-state index in [2.05, 4.69) is 4.90 Å². The molecule has 0 heterocycles.